The van der Waals surface area contributed by atoms with Crippen molar-refractivity contribution in [2.75, 3.05) is 13.6 Å². The van der Waals surface area contributed by atoms with Crippen molar-refractivity contribution in [1.82, 2.24) is 20.9 Å². The maximum Gasteiger partial charge on any atom is 0.246 e. The molecule has 3 aromatic carbocycles. The van der Waals surface area contributed by atoms with Crippen LogP contribution in [0, 0.1) is 0 Å². The van der Waals surface area contributed by atoms with Gasteiger partial charge >= 0.3 is 0 Å². The normalized spacial score (nSPS) is 19.0. The van der Waals surface area contributed by atoms with Gasteiger partial charge in [0.1, 0.15) is 24.4 Å². The number of likely N-dealkylation sites (tertiary alicyclic amines) is 1. The molecule has 1 fully saturated rings. The molecule has 0 aromatic heterocycles. The third-order valence-corrected chi connectivity index (χ3v) is 9.63. The summed E-state index contributed by atoms with van der Waals surface area (Å²) in [4.78, 5) is 42.8. The topological polar surface area (TPSA) is 99.8 Å². The number of piperidine rings is 1. The molecule has 8 nitrogen and oxygen atoms in total. The fourth-order valence-corrected chi connectivity index (χ4v) is 6.59. The summed E-state index contributed by atoms with van der Waals surface area (Å²) in [6.45, 7) is 7.06. The Bertz CT molecular complexity index is 1500. The number of rotatable bonds is 12. The van der Waals surface area contributed by atoms with Crippen molar-refractivity contribution in [1.29, 1.82) is 0 Å². The van der Waals surface area contributed by atoms with Gasteiger partial charge in [0.05, 0.1) is 12.1 Å². The lowest BCUT2D eigenvalue weighted by molar-refractivity contribution is -0.145. The molecule has 47 heavy (non-hydrogen) atoms. The van der Waals surface area contributed by atoms with Gasteiger partial charge < -0.3 is 25.6 Å². The zero-order valence-electron chi connectivity index (χ0n) is 28.3. The molecule has 3 aromatic rings. The van der Waals surface area contributed by atoms with E-state index in [1.807, 2.05) is 36.4 Å². The van der Waals surface area contributed by atoms with Crippen LogP contribution in [0.25, 0.3) is 0 Å². The minimum absolute atomic E-state index is 0.0570. The van der Waals surface area contributed by atoms with E-state index in [0.717, 1.165) is 49.0 Å². The fourth-order valence-electron chi connectivity index (χ4n) is 6.59. The number of hydrogen-bond acceptors (Lipinski definition) is 5. The number of hydrogen-bond donors (Lipinski definition) is 3. The predicted octanol–water partition coefficient (Wildman–Crippen LogP) is 5.60. The molecule has 3 unspecified atom stereocenters. The van der Waals surface area contributed by atoms with Crippen LogP contribution >= 0.6 is 0 Å². The number of fused-ring (bicyclic) bond motifs is 1. The number of benzene rings is 3. The van der Waals surface area contributed by atoms with Gasteiger partial charge in [-0.2, -0.15) is 0 Å². The molecule has 1 aliphatic heterocycles. The van der Waals surface area contributed by atoms with Crippen molar-refractivity contribution >= 4 is 17.7 Å². The fraction of sp³-hybridized carbons (Fsp3) is 0.462. The summed E-state index contributed by atoms with van der Waals surface area (Å²) in [5.41, 5.74) is 5.73. The van der Waals surface area contributed by atoms with E-state index in [4.69, 9.17) is 4.74 Å². The van der Waals surface area contributed by atoms with E-state index >= 15 is 0 Å². The highest BCUT2D eigenvalue weighted by atomic mass is 16.5. The number of carbonyl (C=O) groups is 3. The van der Waals surface area contributed by atoms with Gasteiger partial charge in [-0.15, -0.1) is 0 Å². The number of carbonyl (C=O) groups excluding carboxylic acids is 3. The first-order valence-electron chi connectivity index (χ1n) is 17.2. The molecular formula is C39H50N4O4. The number of aryl methyl sites for hydroxylation is 1. The van der Waals surface area contributed by atoms with Gasteiger partial charge in [0.15, 0.2) is 0 Å². The molecule has 0 spiro atoms. The Kier molecular flexibility index (Phi) is 11.7. The Morgan fingerprint density at radius 1 is 0.872 bits per heavy atom. The molecule has 8 heteroatoms. The van der Waals surface area contributed by atoms with E-state index in [-0.39, 0.29) is 23.8 Å². The predicted molar refractivity (Wildman–Crippen MR) is 185 cm³/mol. The summed E-state index contributed by atoms with van der Waals surface area (Å²) in [6, 6.07) is 22.5. The molecule has 1 saturated heterocycles. The second kappa shape index (κ2) is 16.1. The first kappa shape index (κ1) is 34.2. The second-order valence-corrected chi connectivity index (χ2v) is 13.3. The minimum Gasteiger partial charge on any atom is -0.489 e. The Hall–Kier alpha value is -4.17. The van der Waals surface area contributed by atoms with E-state index in [1.165, 1.54) is 16.7 Å². The van der Waals surface area contributed by atoms with Crippen LogP contribution in [0.1, 0.15) is 92.7 Å². The van der Waals surface area contributed by atoms with Gasteiger partial charge in [-0.25, -0.2) is 0 Å². The second-order valence-electron chi connectivity index (χ2n) is 13.3. The molecule has 3 amide bonds. The van der Waals surface area contributed by atoms with Crippen LogP contribution in [0.3, 0.4) is 0 Å². The van der Waals surface area contributed by atoms with E-state index in [1.54, 1.807) is 18.9 Å². The average molecular weight is 639 g/mol. The molecule has 5 rings (SSSR count). The molecular weight excluding hydrogens is 588 g/mol. The van der Waals surface area contributed by atoms with Crippen molar-refractivity contribution in [2.45, 2.75) is 102 Å². The third kappa shape index (κ3) is 8.80. The molecule has 1 heterocycles. The van der Waals surface area contributed by atoms with E-state index in [0.29, 0.717) is 31.9 Å². The molecule has 0 saturated carbocycles. The Morgan fingerprint density at radius 2 is 1.60 bits per heavy atom. The van der Waals surface area contributed by atoms with E-state index in [9.17, 15) is 14.4 Å². The van der Waals surface area contributed by atoms with Crippen molar-refractivity contribution in [3.8, 4) is 5.75 Å². The number of nitrogens with zero attached hydrogens (tertiary/aromatic N) is 1. The molecule has 0 radical (unpaired) electrons. The van der Waals surface area contributed by atoms with Gasteiger partial charge in [-0.05, 0) is 98.4 Å². The van der Waals surface area contributed by atoms with Gasteiger partial charge in [-0.1, -0.05) is 74.5 Å². The van der Waals surface area contributed by atoms with Crippen LogP contribution in [-0.2, 0) is 33.8 Å². The lowest BCUT2D eigenvalue weighted by atomic mass is 9.87. The highest BCUT2D eigenvalue weighted by molar-refractivity contribution is 5.93. The van der Waals surface area contributed by atoms with Crippen molar-refractivity contribution in [3.63, 3.8) is 0 Å². The van der Waals surface area contributed by atoms with E-state index < -0.39 is 18.1 Å². The van der Waals surface area contributed by atoms with Crippen molar-refractivity contribution < 1.29 is 19.1 Å². The van der Waals surface area contributed by atoms with Crippen LogP contribution in [0.15, 0.2) is 72.8 Å². The van der Waals surface area contributed by atoms with E-state index in [2.05, 4.69) is 66.2 Å². The van der Waals surface area contributed by atoms with Crippen molar-refractivity contribution in [2.24, 2.45) is 0 Å². The lowest BCUT2D eigenvalue weighted by Crippen LogP contribution is -2.59. The molecule has 250 valence electrons. The monoisotopic (exact) mass is 638 g/mol. The summed E-state index contributed by atoms with van der Waals surface area (Å²) in [5.74, 6) is 0.613. The van der Waals surface area contributed by atoms with Crippen LogP contribution in [-0.4, -0.2) is 54.3 Å². The average Bonchev–Trinajstić information content (AvgIpc) is 3.10. The molecule has 1 aliphatic carbocycles. The SMILES string of the molecule is CN[C@@H](C)C(=O)NC(Cc1ccc(OCc2ccc(C(C)C)cc2)cc1)C(=O)N1CCCCC1C(=O)NC1CCCc2ccccc21. The first-order chi connectivity index (χ1) is 22.7. The van der Waals surface area contributed by atoms with Crippen LogP contribution in [0.4, 0.5) is 0 Å². The highest BCUT2D eigenvalue weighted by Gasteiger charge is 2.37. The van der Waals surface area contributed by atoms with Gasteiger partial charge in [-0.3, -0.25) is 14.4 Å². The largest absolute Gasteiger partial charge is 0.489 e. The summed E-state index contributed by atoms with van der Waals surface area (Å²) >= 11 is 0. The van der Waals surface area contributed by atoms with Gasteiger partial charge in [0, 0.05) is 13.0 Å². The maximum atomic E-state index is 14.2. The molecule has 0 bridgehead atoms. The smallest absolute Gasteiger partial charge is 0.246 e. The maximum absolute atomic E-state index is 14.2. The summed E-state index contributed by atoms with van der Waals surface area (Å²) in [7, 11) is 1.72. The lowest BCUT2D eigenvalue weighted by Gasteiger charge is -2.38. The van der Waals surface area contributed by atoms with Crippen LogP contribution in [0.2, 0.25) is 0 Å². The standard InChI is InChI=1S/C39H50N4O4/c1-26(2)30-19-15-29(16-20-30)25-47-32-21-17-28(18-22-32)24-35(42-37(44)27(3)40-4)39(46)43-23-8-7-14-36(43)38(45)41-34-13-9-11-31-10-5-6-12-33(31)34/h5-6,10,12,15-22,26-27,34-36,40H,7-9,11,13-14,23-25H2,1-4H3,(H,41,45)(H,42,44)/t27-,34?,35?,36?/m0/s1. The summed E-state index contributed by atoms with van der Waals surface area (Å²) < 4.78 is 6.03. The minimum atomic E-state index is -0.812. The number of ether oxygens (including phenoxy) is 1. The van der Waals surface area contributed by atoms with Gasteiger partial charge in [0.2, 0.25) is 17.7 Å². The molecule has 4 atom stereocenters. The number of amides is 3. The van der Waals surface area contributed by atoms with Gasteiger partial charge in [0.25, 0.3) is 0 Å². The van der Waals surface area contributed by atoms with Crippen molar-refractivity contribution in [3.05, 3.63) is 101 Å². The molecule has 3 N–H and O–H groups in total. The first-order valence-corrected chi connectivity index (χ1v) is 17.2. The molecule has 2 aliphatic rings. The van der Waals surface area contributed by atoms with Crippen LogP contribution in [0.5, 0.6) is 5.75 Å². The zero-order valence-corrected chi connectivity index (χ0v) is 28.3. The Morgan fingerprint density at radius 3 is 2.32 bits per heavy atom. The number of nitrogens with one attached hydrogen (secondary N) is 3. The summed E-state index contributed by atoms with van der Waals surface area (Å²) in [5, 5.41) is 9.22. The zero-order chi connectivity index (χ0) is 33.3. The third-order valence-electron chi connectivity index (χ3n) is 9.63. The summed E-state index contributed by atoms with van der Waals surface area (Å²) in [6.07, 6.45) is 5.52. The Labute approximate surface area is 279 Å². The van der Waals surface area contributed by atoms with Crippen LogP contribution < -0.4 is 20.7 Å². The quantitative estimate of drug-likeness (QED) is 0.240. The Balaban J connectivity index is 1.27. The number of likely N-dealkylation sites (N-methyl/N-ethyl adjacent to an activating group) is 1. The highest BCUT2D eigenvalue weighted by Crippen LogP contribution is 2.30.